The normalized spacial score (nSPS) is 38.7. The average Bonchev–Trinajstić information content (AvgIpc) is 3.11. The first-order valence-electron chi connectivity index (χ1n) is 6.63. The van der Waals surface area contributed by atoms with Crippen molar-refractivity contribution < 1.29 is 14.7 Å². The second-order valence-corrected chi connectivity index (χ2v) is 5.66. The SMILES string of the molecule is O=C(O)[C@]12ON=C(c3cccnc3)[C@H]1[C@@H]1CC[C@H]2C1. The number of carboxylic acid groups (broad SMARTS) is 1. The number of hydrogen-bond donors (Lipinski definition) is 1. The molecule has 2 saturated carbocycles. The fourth-order valence-electron chi connectivity index (χ4n) is 4.15. The summed E-state index contributed by atoms with van der Waals surface area (Å²) in [6.07, 6.45) is 6.38. The number of carboxylic acids is 1. The molecule has 4 atom stereocenters. The molecule has 0 saturated heterocycles. The minimum absolute atomic E-state index is 0.0953. The molecule has 2 bridgehead atoms. The second-order valence-electron chi connectivity index (χ2n) is 5.66. The second kappa shape index (κ2) is 3.56. The van der Waals surface area contributed by atoms with E-state index in [9.17, 15) is 9.90 Å². The molecule has 4 rings (SSSR count). The molecule has 0 radical (unpaired) electrons. The fourth-order valence-corrected chi connectivity index (χ4v) is 4.15. The van der Waals surface area contributed by atoms with Crippen LogP contribution >= 0.6 is 0 Å². The lowest BCUT2D eigenvalue weighted by molar-refractivity contribution is -0.173. The molecular weight excluding hydrogens is 244 g/mol. The van der Waals surface area contributed by atoms with Gasteiger partial charge in [0, 0.05) is 23.9 Å². The van der Waals surface area contributed by atoms with Gasteiger partial charge in [-0.3, -0.25) is 4.98 Å². The van der Waals surface area contributed by atoms with Gasteiger partial charge in [0.2, 0.25) is 5.60 Å². The monoisotopic (exact) mass is 258 g/mol. The number of aromatic nitrogens is 1. The van der Waals surface area contributed by atoms with Crippen LogP contribution < -0.4 is 0 Å². The fraction of sp³-hybridized carbons (Fsp3) is 0.500. The van der Waals surface area contributed by atoms with Crippen molar-refractivity contribution in [2.24, 2.45) is 22.9 Å². The van der Waals surface area contributed by atoms with E-state index in [1.807, 2.05) is 12.1 Å². The highest BCUT2D eigenvalue weighted by atomic mass is 16.7. The van der Waals surface area contributed by atoms with Crippen LogP contribution in [0.4, 0.5) is 0 Å². The Morgan fingerprint density at radius 1 is 1.47 bits per heavy atom. The minimum Gasteiger partial charge on any atom is -0.478 e. The maximum Gasteiger partial charge on any atom is 0.351 e. The summed E-state index contributed by atoms with van der Waals surface area (Å²) in [4.78, 5) is 21.3. The lowest BCUT2D eigenvalue weighted by atomic mass is 9.72. The number of aliphatic carboxylic acids is 1. The van der Waals surface area contributed by atoms with Crippen LogP contribution in [0, 0.1) is 17.8 Å². The largest absolute Gasteiger partial charge is 0.478 e. The van der Waals surface area contributed by atoms with Gasteiger partial charge in [-0.25, -0.2) is 4.79 Å². The smallest absolute Gasteiger partial charge is 0.351 e. The van der Waals surface area contributed by atoms with Crippen LogP contribution in [0.2, 0.25) is 0 Å². The molecule has 3 aliphatic rings. The zero-order valence-corrected chi connectivity index (χ0v) is 10.3. The standard InChI is InChI=1S/C14H14N2O3/c17-13(18)14-10-4-3-8(6-10)11(14)12(16-19-14)9-2-1-5-15-7-9/h1-2,5,7-8,10-11H,3-4,6H2,(H,17,18)/t8-,10+,11-,14-/m1/s1. The van der Waals surface area contributed by atoms with Gasteiger partial charge in [0.15, 0.2) is 0 Å². The minimum atomic E-state index is -1.12. The maximum atomic E-state index is 11.8. The Morgan fingerprint density at radius 3 is 3.11 bits per heavy atom. The van der Waals surface area contributed by atoms with Gasteiger partial charge in [-0.1, -0.05) is 5.16 Å². The first-order valence-corrected chi connectivity index (χ1v) is 6.63. The van der Waals surface area contributed by atoms with Gasteiger partial charge in [0.25, 0.3) is 0 Å². The molecule has 5 heteroatoms. The number of pyridine rings is 1. The van der Waals surface area contributed by atoms with Crippen LogP contribution in [0.1, 0.15) is 24.8 Å². The van der Waals surface area contributed by atoms with Crippen molar-refractivity contribution in [2.75, 3.05) is 0 Å². The van der Waals surface area contributed by atoms with Crippen LogP contribution in [0.3, 0.4) is 0 Å². The van der Waals surface area contributed by atoms with Crippen molar-refractivity contribution >= 4 is 11.7 Å². The third kappa shape index (κ3) is 1.22. The van der Waals surface area contributed by atoms with Crippen molar-refractivity contribution in [1.29, 1.82) is 0 Å². The highest BCUT2D eigenvalue weighted by molar-refractivity contribution is 6.07. The lowest BCUT2D eigenvalue weighted by Gasteiger charge is -2.32. The van der Waals surface area contributed by atoms with Gasteiger partial charge >= 0.3 is 5.97 Å². The molecule has 1 aromatic rings. The topological polar surface area (TPSA) is 71.8 Å². The highest BCUT2D eigenvalue weighted by Gasteiger charge is 2.69. The molecule has 0 aromatic carbocycles. The van der Waals surface area contributed by atoms with E-state index in [1.165, 1.54) is 0 Å². The van der Waals surface area contributed by atoms with Gasteiger partial charge < -0.3 is 9.94 Å². The van der Waals surface area contributed by atoms with Crippen molar-refractivity contribution in [1.82, 2.24) is 4.98 Å². The van der Waals surface area contributed by atoms with Crippen LogP contribution in [-0.4, -0.2) is 27.4 Å². The van der Waals surface area contributed by atoms with E-state index < -0.39 is 11.6 Å². The summed E-state index contributed by atoms with van der Waals surface area (Å²) in [5.74, 6) is -0.513. The van der Waals surface area contributed by atoms with Gasteiger partial charge in [-0.05, 0) is 37.3 Å². The molecule has 0 amide bonds. The number of fused-ring (bicyclic) bond motifs is 5. The van der Waals surface area contributed by atoms with E-state index in [0.717, 1.165) is 30.5 Å². The first kappa shape index (κ1) is 11.0. The Balaban J connectivity index is 1.80. The Hall–Kier alpha value is -1.91. The third-order valence-electron chi connectivity index (χ3n) is 4.89. The van der Waals surface area contributed by atoms with Gasteiger partial charge in [-0.2, -0.15) is 0 Å². The van der Waals surface area contributed by atoms with Crippen molar-refractivity contribution in [3.05, 3.63) is 30.1 Å². The van der Waals surface area contributed by atoms with Crippen LogP contribution in [-0.2, 0) is 9.63 Å². The van der Waals surface area contributed by atoms with E-state index in [1.54, 1.807) is 12.4 Å². The molecule has 1 aromatic heterocycles. The van der Waals surface area contributed by atoms with Gasteiger partial charge in [0.05, 0.1) is 11.6 Å². The molecule has 1 N–H and O–H groups in total. The predicted molar refractivity (Wildman–Crippen MR) is 66.5 cm³/mol. The number of rotatable bonds is 2. The Morgan fingerprint density at radius 2 is 2.37 bits per heavy atom. The van der Waals surface area contributed by atoms with E-state index >= 15 is 0 Å². The van der Waals surface area contributed by atoms with Gasteiger partial charge in [0.1, 0.15) is 0 Å². The molecule has 2 fully saturated rings. The molecule has 2 aliphatic carbocycles. The summed E-state index contributed by atoms with van der Waals surface area (Å²) in [6.45, 7) is 0. The van der Waals surface area contributed by atoms with Crippen molar-refractivity contribution in [3.8, 4) is 0 Å². The molecule has 2 heterocycles. The lowest BCUT2D eigenvalue weighted by Crippen LogP contribution is -2.51. The number of nitrogens with zero attached hydrogens (tertiary/aromatic N) is 2. The molecule has 0 spiro atoms. The highest BCUT2D eigenvalue weighted by Crippen LogP contribution is 2.59. The Labute approximate surface area is 110 Å². The molecule has 98 valence electrons. The summed E-state index contributed by atoms with van der Waals surface area (Å²) in [5.41, 5.74) is 0.527. The predicted octanol–water partition coefficient (Wildman–Crippen LogP) is 1.69. The summed E-state index contributed by atoms with van der Waals surface area (Å²) in [6, 6.07) is 3.75. The molecule has 19 heavy (non-hydrogen) atoms. The summed E-state index contributed by atoms with van der Waals surface area (Å²) in [7, 11) is 0. The molecular formula is C14H14N2O3. The zero-order chi connectivity index (χ0) is 13.0. The number of hydrogen-bond acceptors (Lipinski definition) is 4. The quantitative estimate of drug-likeness (QED) is 0.876. The summed E-state index contributed by atoms with van der Waals surface area (Å²) in [5, 5.41) is 13.8. The van der Waals surface area contributed by atoms with E-state index in [0.29, 0.717) is 5.92 Å². The first-order chi connectivity index (χ1) is 9.23. The van der Waals surface area contributed by atoms with E-state index in [4.69, 9.17) is 4.84 Å². The maximum absolute atomic E-state index is 11.8. The Bertz CT molecular complexity index is 571. The van der Waals surface area contributed by atoms with E-state index in [-0.39, 0.29) is 11.8 Å². The number of carbonyl (C=O) groups is 1. The van der Waals surface area contributed by atoms with Crippen molar-refractivity contribution in [2.45, 2.75) is 24.9 Å². The van der Waals surface area contributed by atoms with E-state index in [2.05, 4.69) is 10.1 Å². The van der Waals surface area contributed by atoms with Crippen LogP contribution in [0.5, 0.6) is 0 Å². The summed E-state index contributed by atoms with van der Waals surface area (Å²) < 4.78 is 0. The Kier molecular flexibility index (Phi) is 2.05. The molecule has 1 aliphatic heterocycles. The van der Waals surface area contributed by atoms with Crippen LogP contribution in [0.15, 0.2) is 29.7 Å². The number of oxime groups is 1. The van der Waals surface area contributed by atoms with Crippen molar-refractivity contribution in [3.63, 3.8) is 0 Å². The summed E-state index contributed by atoms with van der Waals surface area (Å²) >= 11 is 0. The molecule has 0 unspecified atom stereocenters. The van der Waals surface area contributed by atoms with Gasteiger partial charge in [-0.15, -0.1) is 0 Å². The van der Waals surface area contributed by atoms with Crippen LogP contribution in [0.25, 0.3) is 0 Å². The zero-order valence-electron chi connectivity index (χ0n) is 10.3. The average molecular weight is 258 g/mol. The third-order valence-corrected chi connectivity index (χ3v) is 4.89. The molecule has 5 nitrogen and oxygen atoms in total.